The number of halogens is 3. The maximum atomic E-state index is 12.5. The molecule has 0 bridgehead atoms. The zero-order chi connectivity index (χ0) is 13.9. The normalized spacial score (nSPS) is 13.2. The summed E-state index contributed by atoms with van der Waals surface area (Å²) in [5, 5.41) is 11.6. The van der Waals surface area contributed by atoms with Crippen molar-refractivity contribution in [3.8, 4) is 0 Å². The Labute approximate surface area is 102 Å². The van der Waals surface area contributed by atoms with Gasteiger partial charge in [0, 0.05) is 12.2 Å². The van der Waals surface area contributed by atoms with Crippen LogP contribution in [0.4, 0.5) is 19.0 Å². The van der Waals surface area contributed by atoms with Gasteiger partial charge in [-0.2, -0.15) is 13.2 Å². The van der Waals surface area contributed by atoms with E-state index >= 15 is 0 Å². The average Bonchev–Trinajstić information content (AvgIpc) is 2.27. The zero-order valence-corrected chi connectivity index (χ0v) is 9.88. The van der Waals surface area contributed by atoms with Gasteiger partial charge in [-0.05, 0) is 19.4 Å². The van der Waals surface area contributed by atoms with Crippen molar-refractivity contribution in [1.82, 2.24) is 4.98 Å². The Balaban J connectivity index is 3.16. The van der Waals surface area contributed by atoms with Crippen molar-refractivity contribution in [3.63, 3.8) is 0 Å². The topological polar surface area (TPSA) is 62.2 Å². The lowest BCUT2D eigenvalue weighted by Gasteiger charge is -2.15. The van der Waals surface area contributed by atoms with Gasteiger partial charge in [0.25, 0.3) is 0 Å². The molecule has 18 heavy (non-hydrogen) atoms. The molecule has 0 amide bonds. The van der Waals surface area contributed by atoms with E-state index in [-0.39, 0.29) is 11.9 Å². The number of aromatic carboxylic acids is 1. The van der Waals surface area contributed by atoms with Gasteiger partial charge in [-0.25, -0.2) is 9.78 Å². The Kier molecular flexibility index (Phi) is 4.15. The Morgan fingerprint density at radius 2 is 2.17 bits per heavy atom. The van der Waals surface area contributed by atoms with Crippen LogP contribution in [0.15, 0.2) is 12.3 Å². The van der Waals surface area contributed by atoms with Crippen LogP contribution >= 0.6 is 0 Å². The van der Waals surface area contributed by atoms with Crippen LogP contribution in [0.5, 0.6) is 0 Å². The fourth-order valence-corrected chi connectivity index (χ4v) is 1.29. The number of carbonyl (C=O) groups is 1. The summed E-state index contributed by atoms with van der Waals surface area (Å²) in [6.45, 7) is 3.71. The standard InChI is InChI=1S/C11H13F3N2O2/c1-3-6(2)16-9-4-7(10(17)18)8(5-15-9)11(12,13)14/h4-6H,3H2,1-2H3,(H,15,16)(H,17,18). The monoisotopic (exact) mass is 262 g/mol. The number of rotatable bonds is 4. The van der Waals surface area contributed by atoms with Gasteiger partial charge < -0.3 is 10.4 Å². The van der Waals surface area contributed by atoms with E-state index < -0.39 is 23.3 Å². The van der Waals surface area contributed by atoms with Gasteiger partial charge >= 0.3 is 12.1 Å². The van der Waals surface area contributed by atoms with Crippen molar-refractivity contribution >= 4 is 11.8 Å². The lowest BCUT2D eigenvalue weighted by molar-refractivity contribution is -0.138. The lowest BCUT2D eigenvalue weighted by atomic mass is 10.1. The minimum absolute atomic E-state index is 0.00381. The smallest absolute Gasteiger partial charge is 0.418 e. The SMILES string of the molecule is CCC(C)Nc1cc(C(=O)O)c(C(F)(F)F)cn1. The molecule has 0 fully saturated rings. The van der Waals surface area contributed by atoms with Gasteiger partial charge in [-0.1, -0.05) is 6.92 Å². The van der Waals surface area contributed by atoms with Crippen LogP contribution in [0.25, 0.3) is 0 Å². The van der Waals surface area contributed by atoms with E-state index in [1.54, 1.807) is 0 Å². The van der Waals surface area contributed by atoms with Crippen molar-refractivity contribution in [2.45, 2.75) is 32.5 Å². The van der Waals surface area contributed by atoms with Gasteiger partial charge in [0.1, 0.15) is 5.82 Å². The summed E-state index contributed by atoms with van der Waals surface area (Å²) in [7, 11) is 0. The summed E-state index contributed by atoms with van der Waals surface area (Å²) in [6.07, 6.45) is -3.45. The lowest BCUT2D eigenvalue weighted by Crippen LogP contribution is -2.18. The predicted octanol–water partition coefficient (Wildman–Crippen LogP) is 3.01. The third kappa shape index (κ3) is 3.35. The largest absolute Gasteiger partial charge is 0.478 e. The number of carboxylic acids is 1. The summed E-state index contributed by atoms with van der Waals surface area (Å²) >= 11 is 0. The van der Waals surface area contributed by atoms with Crippen molar-refractivity contribution < 1.29 is 23.1 Å². The third-order valence-corrected chi connectivity index (χ3v) is 2.45. The predicted molar refractivity (Wildman–Crippen MR) is 59.6 cm³/mol. The number of nitrogens with zero attached hydrogens (tertiary/aromatic N) is 1. The summed E-state index contributed by atoms with van der Waals surface area (Å²) < 4.78 is 37.6. The number of anilines is 1. The average molecular weight is 262 g/mol. The second kappa shape index (κ2) is 5.24. The quantitative estimate of drug-likeness (QED) is 0.875. The molecule has 0 radical (unpaired) electrons. The second-order valence-corrected chi connectivity index (χ2v) is 3.87. The fraction of sp³-hybridized carbons (Fsp3) is 0.455. The van der Waals surface area contributed by atoms with Crippen LogP contribution in [0.1, 0.15) is 36.2 Å². The van der Waals surface area contributed by atoms with Crippen molar-refractivity contribution in [2.75, 3.05) is 5.32 Å². The molecule has 4 nitrogen and oxygen atoms in total. The summed E-state index contributed by atoms with van der Waals surface area (Å²) in [6, 6.07) is 0.896. The van der Waals surface area contributed by atoms with Crippen molar-refractivity contribution in [2.24, 2.45) is 0 Å². The molecule has 0 saturated carbocycles. The summed E-state index contributed by atoms with van der Waals surface area (Å²) in [5.41, 5.74) is -2.05. The molecule has 0 saturated heterocycles. The minimum Gasteiger partial charge on any atom is -0.478 e. The molecule has 0 spiro atoms. The highest BCUT2D eigenvalue weighted by molar-refractivity contribution is 5.90. The highest BCUT2D eigenvalue weighted by atomic mass is 19.4. The van der Waals surface area contributed by atoms with Crippen molar-refractivity contribution in [3.05, 3.63) is 23.4 Å². The number of carboxylic acid groups (broad SMARTS) is 1. The highest BCUT2D eigenvalue weighted by Crippen LogP contribution is 2.32. The van der Waals surface area contributed by atoms with E-state index in [4.69, 9.17) is 5.11 Å². The van der Waals surface area contributed by atoms with Gasteiger partial charge in [0.15, 0.2) is 0 Å². The van der Waals surface area contributed by atoms with E-state index in [1.807, 2.05) is 13.8 Å². The van der Waals surface area contributed by atoms with Crippen LogP contribution in [-0.2, 0) is 6.18 Å². The molecule has 2 N–H and O–H groups in total. The number of aromatic nitrogens is 1. The molecule has 1 atom stereocenters. The fourth-order valence-electron chi connectivity index (χ4n) is 1.29. The number of nitrogens with one attached hydrogen (secondary N) is 1. The van der Waals surface area contributed by atoms with Gasteiger partial charge in [0.2, 0.25) is 0 Å². The maximum absolute atomic E-state index is 12.5. The number of pyridine rings is 1. The second-order valence-electron chi connectivity index (χ2n) is 3.87. The molecule has 1 aromatic rings. The van der Waals surface area contributed by atoms with E-state index in [9.17, 15) is 18.0 Å². The van der Waals surface area contributed by atoms with E-state index in [0.29, 0.717) is 6.20 Å². The molecular formula is C11H13F3N2O2. The number of hydrogen-bond acceptors (Lipinski definition) is 3. The number of alkyl halides is 3. The molecule has 0 aliphatic carbocycles. The molecule has 1 rings (SSSR count). The van der Waals surface area contributed by atoms with Crippen LogP contribution in [0.2, 0.25) is 0 Å². The summed E-state index contributed by atoms with van der Waals surface area (Å²) in [5.74, 6) is -1.51. The van der Waals surface area contributed by atoms with Crippen LogP contribution in [-0.4, -0.2) is 22.1 Å². The molecular weight excluding hydrogens is 249 g/mol. The zero-order valence-electron chi connectivity index (χ0n) is 9.88. The third-order valence-electron chi connectivity index (χ3n) is 2.45. The van der Waals surface area contributed by atoms with Crippen LogP contribution < -0.4 is 5.32 Å². The molecule has 1 unspecified atom stereocenters. The first-order valence-electron chi connectivity index (χ1n) is 5.32. The number of hydrogen-bond donors (Lipinski definition) is 2. The molecule has 0 aromatic carbocycles. The minimum atomic E-state index is -4.73. The molecule has 1 heterocycles. The van der Waals surface area contributed by atoms with Gasteiger partial charge in [-0.3, -0.25) is 0 Å². The van der Waals surface area contributed by atoms with Crippen molar-refractivity contribution in [1.29, 1.82) is 0 Å². The van der Waals surface area contributed by atoms with Gasteiger partial charge in [-0.15, -0.1) is 0 Å². The van der Waals surface area contributed by atoms with E-state index in [0.717, 1.165) is 12.5 Å². The Morgan fingerprint density at radius 3 is 2.61 bits per heavy atom. The molecule has 100 valence electrons. The van der Waals surface area contributed by atoms with Crippen LogP contribution in [0, 0.1) is 0 Å². The van der Waals surface area contributed by atoms with E-state index in [1.165, 1.54) is 0 Å². The molecule has 1 aromatic heterocycles. The highest BCUT2D eigenvalue weighted by Gasteiger charge is 2.36. The Bertz CT molecular complexity index is 446. The van der Waals surface area contributed by atoms with Gasteiger partial charge in [0.05, 0.1) is 11.1 Å². The maximum Gasteiger partial charge on any atom is 0.418 e. The van der Waals surface area contributed by atoms with Crippen LogP contribution in [0.3, 0.4) is 0 Å². The Hall–Kier alpha value is -1.79. The molecule has 0 aliphatic rings. The van der Waals surface area contributed by atoms with E-state index in [2.05, 4.69) is 10.3 Å². The first-order valence-corrected chi connectivity index (χ1v) is 5.32. The first kappa shape index (κ1) is 14.3. The first-order chi connectivity index (χ1) is 8.25. The molecule has 0 aliphatic heterocycles. The Morgan fingerprint density at radius 1 is 1.56 bits per heavy atom. The summed E-state index contributed by atoms with van der Waals surface area (Å²) in [4.78, 5) is 14.4. The molecule has 7 heteroatoms.